The molecule has 1 heterocycles. The minimum absolute atomic E-state index is 0.337. The van der Waals surface area contributed by atoms with Gasteiger partial charge in [-0.2, -0.15) is 0 Å². The summed E-state index contributed by atoms with van der Waals surface area (Å²) >= 11 is 0. The predicted molar refractivity (Wildman–Crippen MR) is 103 cm³/mol. The van der Waals surface area contributed by atoms with Gasteiger partial charge in [0, 0.05) is 19.6 Å². The van der Waals surface area contributed by atoms with Crippen LogP contribution in [0, 0.1) is 11.8 Å². The molecule has 2 aromatic rings. The lowest BCUT2D eigenvalue weighted by atomic mass is 9.92. The lowest BCUT2D eigenvalue weighted by Gasteiger charge is -2.35. The first-order chi connectivity index (χ1) is 12.1. The molecule has 1 N–H and O–H groups in total. The zero-order valence-corrected chi connectivity index (χ0v) is 15.3. The molecule has 0 spiro atoms. The number of nitrogens with zero attached hydrogens (tertiary/aromatic N) is 1. The van der Waals surface area contributed by atoms with Gasteiger partial charge in [-0.1, -0.05) is 56.3 Å². The number of likely N-dealkylation sites (tertiary alicyclic amines) is 1. The SMILES string of the molecule is CC1CC(C)CN(CC(O)COc2ccc(-c3ccccc3)cc2)C1. The van der Waals surface area contributed by atoms with Crippen molar-refractivity contribution in [1.29, 1.82) is 0 Å². The van der Waals surface area contributed by atoms with E-state index in [1.54, 1.807) is 0 Å². The van der Waals surface area contributed by atoms with Crippen LogP contribution in [0.5, 0.6) is 5.75 Å². The van der Waals surface area contributed by atoms with E-state index in [0.29, 0.717) is 25.0 Å². The average molecular weight is 339 g/mol. The molecule has 1 saturated heterocycles. The Kier molecular flexibility index (Phi) is 6.11. The molecule has 0 bridgehead atoms. The third-order valence-corrected chi connectivity index (χ3v) is 4.82. The minimum Gasteiger partial charge on any atom is -0.491 e. The fourth-order valence-corrected chi connectivity index (χ4v) is 3.86. The molecule has 0 saturated carbocycles. The summed E-state index contributed by atoms with van der Waals surface area (Å²) in [5.74, 6) is 2.23. The molecular weight excluding hydrogens is 310 g/mol. The van der Waals surface area contributed by atoms with Crippen LogP contribution in [-0.2, 0) is 0 Å². The lowest BCUT2D eigenvalue weighted by molar-refractivity contribution is 0.0429. The Bertz CT molecular complexity index is 631. The number of piperidine rings is 1. The van der Waals surface area contributed by atoms with Gasteiger partial charge in [-0.15, -0.1) is 0 Å². The van der Waals surface area contributed by atoms with Crippen LogP contribution in [0.4, 0.5) is 0 Å². The van der Waals surface area contributed by atoms with Gasteiger partial charge in [0.1, 0.15) is 18.5 Å². The monoisotopic (exact) mass is 339 g/mol. The van der Waals surface area contributed by atoms with Gasteiger partial charge < -0.3 is 14.7 Å². The van der Waals surface area contributed by atoms with Gasteiger partial charge in [0.05, 0.1) is 0 Å². The van der Waals surface area contributed by atoms with Crippen LogP contribution in [0.25, 0.3) is 11.1 Å². The lowest BCUT2D eigenvalue weighted by Crippen LogP contribution is -2.43. The largest absolute Gasteiger partial charge is 0.491 e. The van der Waals surface area contributed by atoms with Crippen LogP contribution in [0.1, 0.15) is 20.3 Å². The quantitative estimate of drug-likeness (QED) is 0.861. The number of benzene rings is 2. The van der Waals surface area contributed by atoms with Gasteiger partial charge in [0.2, 0.25) is 0 Å². The summed E-state index contributed by atoms with van der Waals surface area (Å²) in [5.41, 5.74) is 2.37. The molecule has 2 aromatic carbocycles. The number of ether oxygens (including phenoxy) is 1. The first-order valence-corrected chi connectivity index (χ1v) is 9.29. The number of aliphatic hydroxyl groups excluding tert-OH is 1. The van der Waals surface area contributed by atoms with Crippen LogP contribution in [0.15, 0.2) is 54.6 Å². The molecular formula is C22H29NO2. The smallest absolute Gasteiger partial charge is 0.119 e. The van der Waals surface area contributed by atoms with Crippen LogP contribution in [-0.4, -0.2) is 42.4 Å². The van der Waals surface area contributed by atoms with Gasteiger partial charge >= 0.3 is 0 Å². The van der Waals surface area contributed by atoms with Crippen molar-refractivity contribution in [2.45, 2.75) is 26.4 Å². The Morgan fingerprint density at radius 3 is 2.20 bits per heavy atom. The summed E-state index contributed by atoms with van der Waals surface area (Å²) in [6.45, 7) is 7.76. The van der Waals surface area contributed by atoms with Crippen molar-refractivity contribution in [3.8, 4) is 16.9 Å². The topological polar surface area (TPSA) is 32.7 Å². The average Bonchev–Trinajstić information content (AvgIpc) is 2.60. The van der Waals surface area contributed by atoms with Crippen LogP contribution >= 0.6 is 0 Å². The zero-order chi connectivity index (χ0) is 17.6. The first-order valence-electron chi connectivity index (χ1n) is 9.29. The highest BCUT2D eigenvalue weighted by Crippen LogP contribution is 2.23. The summed E-state index contributed by atoms with van der Waals surface area (Å²) < 4.78 is 5.78. The number of aliphatic hydroxyl groups is 1. The van der Waals surface area contributed by atoms with Gasteiger partial charge in [0.15, 0.2) is 0 Å². The fraction of sp³-hybridized carbons (Fsp3) is 0.455. The van der Waals surface area contributed by atoms with Crippen molar-refractivity contribution >= 4 is 0 Å². The van der Waals surface area contributed by atoms with E-state index in [1.165, 1.54) is 17.5 Å². The molecule has 0 aliphatic carbocycles. The van der Waals surface area contributed by atoms with E-state index in [0.717, 1.165) is 18.8 Å². The molecule has 3 nitrogen and oxygen atoms in total. The summed E-state index contributed by atoms with van der Waals surface area (Å²) in [6.07, 6.45) is 0.836. The third kappa shape index (κ3) is 5.32. The summed E-state index contributed by atoms with van der Waals surface area (Å²) in [5, 5.41) is 10.3. The molecule has 134 valence electrons. The first kappa shape index (κ1) is 18.0. The van der Waals surface area contributed by atoms with Crippen molar-refractivity contribution in [2.75, 3.05) is 26.2 Å². The molecule has 1 fully saturated rings. The molecule has 3 unspecified atom stereocenters. The maximum atomic E-state index is 10.3. The number of hydrogen-bond acceptors (Lipinski definition) is 3. The Morgan fingerprint density at radius 1 is 0.960 bits per heavy atom. The summed E-state index contributed by atoms with van der Waals surface area (Å²) in [4.78, 5) is 2.37. The summed E-state index contributed by atoms with van der Waals surface area (Å²) in [6, 6.07) is 18.4. The normalized spacial score (nSPS) is 22.5. The Labute approximate surface area is 151 Å². The highest BCUT2D eigenvalue weighted by molar-refractivity contribution is 5.63. The zero-order valence-electron chi connectivity index (χ0n) is 15.3. The van der Waals surface area contributed by atoms with E-state index < -0.39 is 6.10 Å². The Balaban J connectivity index is 1.48. The molecule has 3 rings (SSSR count). The molecule has 3 heteroatoms. The highest BCUT2D eigenvalue weighted by atomic mass is 16.5. The molecule has 0 amide bonds. The van der Waals surface area contributed by atoms with E-state index in [9.17, 15) is 5.11 Å². The molecule has 1 aliphatic rings. The van der Waals surface area contributed by atoms with E-state index in [4.69, 9.17) is 4.74 Å². The Hall–Kier alpha value is -1.84. The molecule has 0 aromatic heterocycles. The van der Waals surface area contributed by atoms with Crippen molar-refractivity contribution in [1.82, 2.24) is 4.90 Å². The molecule has 25 heavy (non-hydrogen) atoms. The van der Waals surface area contributed by atoms with Crippen molar-refractivity contribution in [2.24, 2.45) is 11.8 Å². The number of rotatable bonds is 6. The fourth-order valence-electron chi connectivity index (χ4n) is 3.86. The third-order valence-electron chi connectivity index (χ3n) is 4.82. The van der Waals surface area contributed by atoms with Crippen LogP contribution in [0.3, 0.4) is 0 Å². The van der Waals surface area contributed by atoms with E-state index in [1.807, 2.05) is 30.3 Å². The second kappa shape index (κ2) is 8.50. The maximum Gasteiger partial charge on any atom is 0.119 e. The van der Waals surface area contributed by atoms with Crippen molar-refractivity contribution < 1.29 is 9.84 Å². The van der Waals surface area contributed by atoms with Crippen molar-refractivity contribution in [3.05, 3.63) is 54.6 Å². The van der Waals surface area contributed by atoms with E-state index in [2.05, 4.69) is 43.0 Å². The highest BCUT2D eigenvalue weighted by Gasteiger charge is 2.23. The van der Waals surface area contributed by atoms with Gasteiger partial charge in [-0.3, -0.25) is 0 Å². The predicted octanol–water partition coefficient (Wildman–Crippen LogP) is 4.07. The molecule has 0 radical (unpaired) electrons. The molecule has 3 atom stereocenters. The van der Waals surface area contributed by atoms with E-state index in [-0.39, 0.29) is 0 Å². The van der Waals surface area contributed by atoms with Gasteiger partial charge in [-0.05, 0) is 41.5 Å². The van der Waals surface area contributed by atoms with Crippen LogP contribution < -0.4 is 4.74 Å². The number of hydrogen-bond donors (Lipinski definition) is 1. The Morgan fingerprint density at radius 2 is 1.56 bits per heavy atom. The van der Waals surface area contributed by atoms with Crippen LogP contribution in [0.2, 0.25) is 0 Å². The maximum absolute atomic E-state index is 10.3. The molecule has 1 aliphatic heterocycles. The second-order valence-electron chi connectivity index (χ2n) is 7.52. The van der Waals surface area contributed by atoms with E-state index >= 15 is 0 Å². The van der Waals surface area contributed by atoms with Gasteiger partial charge in [-0.25, -0.2) is 0 Å². The number of β-amino-alcohol motifs (C(OH)–C–C–N with tert-alkyl or cyclic N) is 1. The van der Waals surface area contributed by atoms with Crippen molar-refractivity contribution in [3.63, 3.8) is 0 Å². The second-order valence-corrected chi connectivity index (χ2v) is 7.52. The summed E-state index contributed by atoms with van der Waals surface area (Å²) in [7, 11) is 0. The minimum atomic E-state index is -0.453. The van der Waals surface area contributed by atoms with Gasteiger partial charge in [0.25, 0.3) is 0 Å². The standard InChI is InChI=1S/C22H29NO2/c1-17-12-18(2)14-23(13-17)15-21(24)16-25-22-10-8-20(9-11-22)19-6-4-3-5-7-19/h3-11,17-18,21,24H,12-16H2,1-2H3.